The minimum atomic E-state index is -0.843. The standard InChI is InChI=1S/C13H14BrNO4/c14-10-1-3-11(4-2-10)19-8-12(16)15-6-5-9(7-15)13(17)18/h1-4,9H,5-8H2,(H,17,18)/t9-/m1/s1. The molecule has 2 rings (SSSR count). The second kappa shape index (κ2) is 6.06. The van der Waals surface area contributed by atoms with Gasteiger partial charge in [-0.25, -0.2) is 0 Å². The largest absolute Gasteiger partial charge is 0.484 e. The summed E-state index contributed by atoms with van der Waals surface area (Å²) in [5.74, 6) is -0.849. The minimum Gasteiger partial charge on any atom is -0.484 e. The van der Waals surface area contributed by atoms with Gasteiger partial charge in [0, 0.05) is 17.6 Å². The summed E-state index contributed by atoms with van der Waals surface area (Å²) in [5, 5.41) is 8.87. The average molecular weight is 328 g/mol. The zero-order valence-corrected chi connectivity index (χ0v) is 11.8. The van der Waals surface area contributed by atoms with Gasteiger partial charge in [0.25, 0.3) is 5.91 Å². The summed E-state index contributed by atoms with van der Waals surface area (Å²) in [6.45, 7) is 0.700. The van der Waals surface area contributed by atoms with E-state index in [4.69, 9.17) is 9.84 Å². The van der Waals surface area contributed by atoms with E-state index in [-0.39, 0.29) is 19.1 Å². The van der Waals surface area contributed by atoms with Gasteiger partial charge in [0.1, 0.15) is 5.75 Å². The van der Waals surface area contributed by atoms with Crippen molar-refractivity contribution < 1.29 is 19.4 Å². The highest BCUT2D eigenvalue weighted by atomic mass is 79.9. The molecule has 0 unspecified atom stereocenters. The maximum atomic E-state index is 11.9. The van der Waals surface area contributed by atoms with Crippen molar-refractivity contribution in [3.8, 4) is 5.75 Å². The summed E-state index contributed by atoms with van der Waals surface area (Å²) in [6, 6.07) is 7.19. The Labute approximate surface area is 119 Å². The zero-order valence-electron chi connectivity index (χ0n) is 10.2. The van der Waals surface area contributed by atoms with Crippen molar-refractivity contribution in [2.24, 2.45) is 5.92 Å². The lowest BCUT2D eigenvalue weighted by atomic mass is 10.1. The number of amides is 1. The molecule has 6 heteroatoms. The van der Waals surface area contributed by atoms with Crippen LogP contribution in [-0.4, -0.2) is 41.6 Å². The van der Waals surface area contributed by atoms with E-state index in [1.807, 2.05) is 12.1 Å². The number of benzene rings is 1. The molecule has 0 radical (unpaired) electrons. The summed E-state index contributed by atoms with van der Waals surface area (Å²) in [7, 11) is 0. The summed E-state index contributed by atoms with van der Waals surface area (Å²) < 4.78 is 6.31. The Bertz CT molecular complexity index is 474. The van der Waals surface area contributed by atoms with Crippen molar-refractivity contribution in [3.63, 3.8) is 0 Å². The lowest BCUT2D eigenvalue weighted by molar-refractivity contribution is -0.141. The number of rotatable bonds is 4. The van der Waals surface area contributed by atoms with Gasteiger partial charge < -0.3 is 14.7 Å². The van der Waals surface area contributed by atoms with Gasteiger partial charge in [-0.3, -0.25) is 9.59 Å². The third kappa shape index (κ3) is 3.70. The van der Waals surface area contributed by atoms with Crippen LogP contribution < -0.4 is 4.74 Å². The number of hydrogen-bond donors (Lipinski definition) is 1. The van der Waals surface area contributed by atoms with E-state index in [1.165, 1.54) is 4.90 Å². The third-order valence-corrected chi connectivity index (χ3v) is 3.59. The van der Waals surface area contributed by atoms with Crippen molar-refractivity contribution in [2.75, 3.05) is 19.7 Å². The van der Waals surface area contributed by atoms with Crippen LogP contribution >= 0.6 is 15.9 Å². The molecule has 1 amide bonds. The van der Waals surface area contributed by atoms with E-state index in [1.54, 1.807) is 12.1 Å². The predicted molar refractivity (Wildman–Crippen MR) is 72.0 cm³/mol. The van der Waals surface area contributed by atoms with E-state index in [0.717, 1.165) is 4.47 Å². The van der Waals surface area contributed by atoms with Gasteiger partial charge in [-0.05, 0) is 30.7 Å². The van der Waals surface area contributed by atoms with Crippen LogP contribution in [0.1, 0.15) is 6.42 Å². The third-order valence-electron chi connectivity index (χ3n) is 3.07. The lowest BCUT2D eigenvalue weighted by Gasteiger charge is -2.16. The summed E-state index contributed by atoms with van der Waals surface area (Å²) >= 11 is 3.31. The van der Waals surface area contributed by atoms with Gasteiger partial charge in [0.05, 0.1) is 5.92 Å². The molecular weight excluding hydrogens is 314 g/mol. The van der Waals surface area contributed by atoms with Crippen LogP contribution in [0.5, 0.6) is 5.75 Å². The number of likely N-dealkylation sites (tertiary alicyclic amines) is 1. The second-order valence-electron chi connectivity index (χ2n) is 4.41. The van der Waals surface area contributed by atoms with Crippen LogP contribution in [0.4, 0.5) is 0 Å². The van der Waals surface area contributed by atoms with Gasteiger partial charge in [-0.1, -0.05) is 15.9 Å². The van der Waals surface area contributed by atoms with E-state index < -0.39 is 11.9 Å². The van der Waals surface area contributed by atoms with Gasteiger partial charge >= 0.3 is 5.97 Å². The maximum Gasteiger partial charge on any atom is 0.308 e. The Morgan fingerprint density at radius 3 is 2.63 bits per heavy atom. The molecule has 0 aliphatic carbocycles. The van der Waals surface area contributed by atoms with E-state index in [2.05, 4.69) is 15.9 Å². The molecule has 5 nitrogen and oxygen atoms in total. The number of carboxylic acids is 1. The Kier molecular flexibility index (Phi) is 4.42. The molecule has 1 atom stereocenters. The topological polar surface area (TPSA) is 66.8 Å². The number of halogens is 1. The molecule has 1 fully saturated rings. The number of ether oxygens (including phenoxy) is 1. The summed E-state index contributed by atoms with van der Waals surface area (Å²) in [6.07, 6.45) is 0.513. The van der Waals surface area contributed by atoms with Crippen molar-refractivity contribution in [3.05, 3.63) is 28.7 Å². The minimum absolute atomic E-state index is 0.0615. The first kappa shape index (κ1) is 13.9. The molecule has 102 valence electrons. The van der Waals surface area contributed by atoms with Crippen molar-refractivity contribution in [1.82, 2.24) is 4.90 Å². The highest BCUT2D eigenvalue weighted by Gasteiger charge is 2.30. The van der Waals surface area contributed by atoms with Gasteiger partial charge in [-0.15, -0.1) is 0 Å². The Morgan fingerprint density at radius 2 is 2.05 bits per heavy atom. The quantitative estimate of drug-likeness (QED) is 0.915. The number of carbonyl (C=O) groups is 2. The SMILES string of the molecule is O=C(O)[C@@H]1CCN(C(=O)COc2ccc(Br)cc2)C1. The molecule has 0 bridgehead atoms. The maximum absolute atomic E-state index is 11.9. The number of carbonyl (C=O) groups excluding carboxylic acids is 1. The van der Waals surface area contributed by atoms with Crippen LogP contribution in [0.25, 0.3) is 0 Å². The molecule has 1 aromatic rings. The molecule has 1 heterocycles. The second-order valence-corrected chi connectivity index (χ2v) is 5.32. The summed E-state index contributed by atoms with van der Waals surface area (Å²) in [5.41, 5.74) is 0. The van der Waals surface area contributed by atoms with E-state index in [0.29, 0.717) is 18.7 Å². The molecule has 0 aromatic heterocycles. The predicted octanol–water partition coefficient (Wildman–Crippen LogP) is 1.76. The monoisotopic (exact) mass is 327 g/mol. The molecule has 1 aromatic carbocycles. The van der Waals surface area contributed by atoms with Crippen molar-refractivity contribution in [2.45, 2.75) is 6.42 Å². The number of aliphatic carboxylic acids is 1. The van der Waals surface area contributed by atoms with Crippen LogP contribution in [0.15, 0.2) is 28.7 Å². The Hall–Kier alpha value is -1.56. The molecular formula is C13H14BrNO4. The highest BCUT2D eigenvalue weighted by molar-refractivity contribution is 9.10. The fraction of sp³-hybridized carbons (Fsp3) is 0.385. The van der Waals surface area contributed by atoms with Crippen LogP contribution in [0.3, 0.4) is 0 Å². The molecule has 1 N–H and O–H groups in total. The Morgan fingerprint density at radius 1 is 1.37 bits per heavy atom. The molecule has 19 heavy (non-hydrogen) atoms. The smallest absolute Gasteiger partial charge is 0.308 e. The first-order chi connectivity index (χ1) is 9.06. The fourth-order valence-corrected chi connectivity index (χ4v) is 2.22. The fourth-order valence-electron chi connectivity index (χ4n) is 1.96. The van der Waals surface area contributed by atoms with Crippen molar-refractivity contribution in [1.29, 1.82) is 0 Å². The molecule has 1 aliphatic heterocycles. The van der Waals surface area contributed by atoms with Gasteiger partial charge in [0.15, 0.2) is 6.61 Å². The first-order valence-corrected chi connectivity index (χ1v) is 6.74. The normalized spacial score (nSPS) is 18.4. The number of carboxylic acid groups (broad SMARTS) is 1. The van der Waals surface area contributed by atoms with Crippen molar-refractivity contribution >= 4 is 27.8 Å². The zero-order chi connectivity index (χ0) is 13.8. The average Bonchev–Trinajstić information content (AvgIpc) is 2.87. The molecule has 1 aliphatic rings. The van der Waals surface area contributed by atoms with Crippen LogP contribution in [0, 0.1) is 5.92 Å². The highest BCUT2D eigenvalue weighted by Crippen LogP contribution is 2.18. The Balaban J connectivity index is 1.82. The summed E-state index contributed by atoms with van der Waals surface area (Å²) in [4.78, 5) is 24.2. The van der Waals surface area contributed by atoms with Gasteiger partial charge in [-0.2, -0.15) is 0 Å². The molecule has 0 saturated carbocycles. The van der Waals surface area contributed by atoms with Gasteiger partial charge in [0.2, 0.25) is 0 Å². The molecule has 1 saturated heterocycles. The van der Waals surface area contributed by atoms with E-state index >= 15 is 0 Å². The van der Waals surface area contributed by atoms with Crippen LogP contribution in [-0.2, 0) is 9.59 Å². The number of nitrogens with zero attached hydrogens (tertiary/aromatic N) is 1. The lowest BCUT2D eigenvalue weighted by Crippen LogP contribution is -2.33. The number of hydrogen-bond acceptors (Lipinski definition) is 3. The molecule has 0 spiro atoms. The van der Waals surface area contributed by atoms with Crippen LogP contribution in [0.2, 0.25) is 0 Å². The first-order valence-electron chi connectivity index (χ1n) is 5.95. The van der Waals surface area contributed by atoms with E-state index in [9.17, 15) is 9.59 Å².